The topological polar surface area (TPSA) is 25.2 Å². The van der Waals surface area contributed by atoms with Gasteiger partial charge in [0.25, 0.3) is 0 Å². The van der Waals surface area contributed by atoms with Gasteiger partial charge in [0.15, 0.2) is 5.72 Å². The average Bonchev–Trinajstić information content (AvgIpc) is 3.09. The van der Waals surface area contributed by atoms with Crippen LogP contribution < -0.4 is 0 Å². The molecule has 1 aromatic heterocycles. The normalized spacial score (nSPS) is 13.8. The van der Waals surface area contributed by atoms with E-state index in [-0.39, 0.29) is 0 Å². The lowest BCUT2D eigenvalue weighted by Gasteiger charge is -2.31. The Morgan fingerprint density at radius 1 is 0.762 bits per heavy atom. The van der Waals surface area contributed by atoms with Crippen molar-refractivity contribution >= 4 is 0 Å². The van der Waals surface area contributed by atoms with Gasteiger partial charge in [0.05, 0.1) is 0 Å². The van der Waals surface area contributed by atoms with Crippen LogP contribution in [0.2, 0.25) is 0 Å². The number of rotatable bonds is 5. The predicted octanol–water partition coefficient (Wildman–Crippen LogP) is 3.81. The van der Waals surface area contributed by atoms with Crippen LogP contribution in [0.5, 0.6) is 0 Å². The van der Waals surface area contributed by atoms with E-state index in [9.17, 15) is 5.11 Å². The lowest BCUT2D eigenvalue weighted by atomic mass is 9.95. The first-order valence-corrected chi connectivity index (χ1v) is 7.24. The molecular formula is C19H19NO. The van der Waals surface area contributed by atoms with Gasteiger partial charge in [-0.1, -0.05) is 60.7 Å². The fourth-order valence-electron chi connectivity index (χ4n) is 2.67. The van der Waals surface area contributed by atoms with E-state index >= 15 is 0 Å². The highest BCUT2D eigenvalue weighted by Gasteiger charge is 2.30. The van der Waals surface area contributed by atoms with E-state index in [0.29, 0.717) is 6.42 Å². The van der Waals surface area contributed by atoms with Gasteiger partial charge in [0.1, 0.15) is 0 Å². The maximum absolute atomic E-state index is 11.3. The lowest BCUT2D eigenvalue weighted by Crippen LogP contribution is -2.34. The molecule has 0 fully saturated rings. The average molecular weight is 277 g/mol. The summed E-state index contributed by atoms with van der Waals surface area (Å²) in [6, 6.07) is 24.0. The highest BCUT2D eigenvalue weighted by Crippen LogP contribution is 2.28. The van der Waals surface area contributed by atoms with Crippen molar-refractivity contribution in [2.45, 2.75) is 18.6 Å². The smallest absolute Gasteiger partial charge is 0.167 e. The van der Waals surface area contributed by atoms with Crippen molar-refractivity contribution in [3.05, 3.63) is 96.3 Å². The molecular weight excluding hydrogens is 258 g/mol. The van der Waals surface area contributed by atoms with Crippen LogP contribution in [0.15, 0.2) is 85.2 Å². The second-order valence-electron chi connectivity index (χ2n) is 5.26. The zero-order chi connectivity index (χ0) is 14.5. The van der Waals surface area contributed by atoms with Crippen molar-refractivity contribution in [3.8, 4) is 0 Å². The number of aliphatic hydroxyl groups is 1. The van der Waals surface area contributed by atoms with Gasteiger partial charge in [-0.3, -0.25) is 0 Å². The van der Waals surface area contributed by atoms with Gasteiger partial charge >= 0.3 is 0 Å². The summed E-state index contributed by atoms with van der Waals surface area (Å²) in [5.41, 5.74) is 1.14. The highest BCUT2D eigenvalue weighted by molar-refractivity contribution is 5.24. The van der Waals surface area contributed by atoms with Crippen LogP contribution in [-0.2, 0) is 12.1 Å². The van der Waals surface area contributed by atoms with Crippen LogP contribution >= 0.6 is 0 Å². The molecule has 0 unspecified atom stereocenters. The molecule has 1 atom stereocenters. The van der Waals surface area contributed by atoms with E-state index < -0.39 is 5.72 Å². The van der Waals surface area contributed by atoms with Crippen molar-refractivity contribution in [2.24, 2.45) is 0 Å². The molecule has 3 aromatic rings. The van der Waals surface area contributed by atoms with E-state index in [1.807, 2.05) is 77.6 Å². The van der Waals surface area contributed by atoms with Gasteiger partial charge in [-0.2, -0.15) is 0 Å². The van der Waals surface area contributed by atoms with Crippen LogP contribution in [-0.4, -0.2) is 9.67 Å². The Labute approximate surface area is 125 Å². The molecule has 2 heteroatoms. The number of hydrogen-bond donors (Lipinski definition) is 1. The minimum absolute atomic E-state index is 0.635. The van der Waals surface area contributed by atoms with Crippen molar-refractivity contribution < 1.29 is 5.11 Å². The minimum Gasteiger partial charge on any atom is -0.366 e. The third-order valence-corrected chi connectivity index (χ3v) is 3.87. The summed E-state index contributed by atoms with van der Waals surface area (Å²) in [7, 11) is 0. The van der Waals surface area contributed by atoms with Crippen LogP contribution in [0.3, 0.4) is 0 Å². The summed E-state index contributed by atoms with van der Waals surface area (Å²) in [6.45, 7) is 0. The number of hydrogen-bond acceptors (Lipinski definition) is 1. The van der Waals surface area contributed by atoms with Crippen molar-refractivity contribution in [1.82, 2.24) is 4.57 Å². The molecule has 2 aromatic carbocycles. The van der Waals surface area contributed by atoms with Gasteiger partial charge in [-0.05, 0) is 24.1 Å². The Morgan fingerprint density at radius 2 is 1.33 bits per heavy atom. The Balaban J connectivity index is 1.90. The predicted molar refractivity (Wildman–Crippen MR) is 84.9 cm³/mol. The summed E-state index contributed by atoms with van der Waals surface area (Å²) in [5, 5.41) is 11.3. The molecule has 1 N–H and O–H groups in total. The van der Waals surface area contributed by atoms with Gasteiger partial charge in [-0.25, -0.2) is 0 Å². The second-order valence-corrected chi connectivity index (χ2v) is 5.26. The largest absolute Gasteiger partial charge is 0.366 e. The molecule has 1 heterocycles. The maximum atomic E-state index is 11.3. The first-order valence-electron chi connectivity index (χ1n) is 7.24. The van der Waals surface area contributed by atoms with Gasteiger partial charge in [0.2, 0.25) is 0 Å². The summed E-state index contributed by atoms with van der Waals surface area (Å²) in [6.07, 6.45) is 5.29. The second kappa shape index (κ2) is 5.98. The third kappa shape index (κ3) is 2.91. The molecule has 0 aliphatic rings. The molecule has 2 nitrogen and oxygen atoms in total. The number of nitrogens with zero attached hydrogens (tertiary/aromatic N) is 1. The quantitative estimate of drug-likeness (QED) is 0.753. The van der Waals surface area contributed by atoms with Crippen molar-refractivity contribution in [1.29, 1.82) is 0 Å². The van der Waals surface area contributed by atoms with Gasteiger partial charge in [0, 0.05) is 24.4 Å². The molecule has 0 bridgehead atoms. The molecule has 0 aliphatic carbocycles. The van der Waals surface area contributed by atoms with E-state index in [2.05, 4.69) is 12.1 Å². The first kappa shape index (κ1) is 13.7. The van der Waals surface area contributed by atoms with Gasteiger partial charge < -0.3 is 9.67 Å². The monoisotopic (exact) mass is 277 g/mol. The standard InChI is InChI=1S/C19H19NO/c21-19(20-15-7-8-16-20,18-11-5-2-6-12-18)14-13-17-9-3-1-4-10-17/h1-12,15-16,21H,13-14H2/t19-/m0/s1. The molecule has 21 heavy (non-hydrogen) atoms. The molecule has 0 aliphatic heterocycles. The molecule has 0 spiro atoms. The fourth-order valence-corrected chi connectivity index (χ4v) is 2.67. The van der Waals surface area contributed by atoms with Crippen molar-refractivity contribution in [3.63, 3.8) is 0 Å². The zero-order valence-electron chi connectivity index (χ0n) is 11.9. The zero-order valence-corrected chi connectivity index (χ0v) is 11.9. The Hall–Kier alpha value is -2.32. The Bertz CT molecular complexity index is 661. The van der Waals surface area contributed by atoms with E-state index in [1.165, 1.54) is 5.56 Å². The van der Waals surface area contributed by atoms with Crippen LogP contribution in [0.4, 0.5) is 0 Å². The SMILES string of the molecule is O[C@@](CCc1ccccc1)(c1ccccc1)n1cccc1. The van der Waals surface area contributed by atoms with Crippen LogP contribution in [0.25, 0.3) is 0 Å². The molecule has 0 saturated carbocycles. The van der Waals surface area contributed by atoms with E-state index in [1.54, 1.807) is 0 Å². The summed E-state index contributed by atoms with van der Waals surface area (Å²) in [4.78, 5) is 0. The molecule has 0 radical (unpaired) electrons. The number of aromatic nitrogens is 1. The lowest BCUT2D eigenvalue weighted by molar-refractivity contribution is -0.00282. The molecule has 0 amide bonds. The Kier molecular flexibility index (Phi) is 3.89. The maximum Gasteiger partial charge on any atom is 0.167 e. The van der Waals surface area contributed by atoms with E-state index in [4.69, 9.17) is 0 Å². The highest BCUT2D eigenvalue weighted by atomic mass is 16.3. The van der Waals surface area contributed by atoms with Crippen molar-refractivity contribution in [2.75, 3.05) is 0 Å². The third-order valence-electron chi connectivity index (χ3n) is 3.87. The summed E-state index contributed by atoms with van der Waals surface area (Å²) >= 11 is 0. The number of benzene rings is 2. The summed E-state index contributed by atoms with van der Waals surface area (Å²) in [5.74, 6) is 0. The molecule has 106 valence electrons. The minimum atomic E-state index is -1.01. The molecule has 3 rings (SSSR count). The molecule has 0 saturated heterocycles. The number of aryl methyl sites for hydroxylation is 1. The van der Waals surface area contributed by atoms with Gasteiger partial charge in [-0.15, -0.1) is 0 Å². The van der Waals surface area contributed by atoms with E-state index in [0.717, 1.165) is 12.0 Å². The fraction of sp³-hybridized carbons (Fsp3) is 0.158. The Morgan fingerprint density at radius 3 is 1.95 bits per heavy atom. The van der Waals surface area contributed by atoms with Crippen LogP contribution in [0, 0.1) is 0 Å². The van der Waals surface area contributed by atoms with Crippen LogP contribution in [0.1, 0.15) is 17.5 Å². The summed E-state index contributed by atoms with van der Waals surface area (Å²) < 4.78 is 1.88. The first-order chi connectivity index (χ1) is 10.3.